The molecule has 0 aromatic carbocycles. The number of carbonyl (C=O) groups excluding carboxylic acids is 1. The quantitative estimate of drug-likeness (QED) is 0.713. The standard InChI is InChI=1S/C17H32F3NO3S/c1-14(2,3)10-11(13(22)24-15(4,5)6)12(17(18,19)20)21-25(23)16(7,8)9/h11-12,21H,10H2,1-9H3/t11-,12-,25-/m1/s1. The minimum Gasteiger partial charge on any atom is -0.460 e. The Morgan fingerprint density at radius 3 is 1.72 bits per heavy atom. The molecule has 0 aliphatic carbocycles. The molecule has 150 valence electrons. The molecule has 0 spiro atoms. The van der Waals surface area contributed by atoms with Gasteiger partial charge in [0, 0.05) is 0 Å². The lowest BCUT2D eigenvalue weighted by atomic mass is 9.81. The Labute approximate surface area is 151 Å². The molecule has 0 rings (SSSR count). The molecule has 0 aliphatic rings. The molecule has 0 amide bonds. The number of hydrogen-bond donors (Lipinski definition) is 1. The Hall–Kier alpha value is -0.630. The summed E-state index contributed by atoms with van der Waals surface area (Å²) in [6, 6.07) is -2.25. The van der Waals surface area contributed by atoms with Crippen molar-refractivity contribution in [1.82, 2.24) is 4.72 Å². The van der Waals surface area contributed by atoms with Gasteiger partial charge in [0.2, 0.25) is 0 Å². The molecular weight excluding hydrogens is 355 g/mol. The molecule has 1 N–H and O–H groups in total. The van der Waals surface area contributed by atoms with Gasteiger partial charge in [0.05, 0.1) is 21.7 Å². The molecule has 0 saturated carbocycles. The summed E-state index contributed by atoms with van der Waals surface area (Å²) >= 11 is 0. The van der Waals surface area contributed by atoms with E-state index in [2.05, 4.69) is 4.72 Å². The smallest absolute Gasteiger partial charge is 0.405 e. The van der Waals surface area contributed by atoms with Gasteiger partial charge in [-0.2, -0.15) is 13.2 Å². The number of esters is 1. The van der Waals surface area contributed by atoms with Crippen LogP contribution in [0.25, 0.3) is 0 Å². The highest BCUT2D eigenvalue weighted by molar-refractivity contribution is 7.84. The summed E-state index contributed by atoms with van der Waals surface area (Å²) in [5.41, 5.74) is -1.46. The molecule has 3 atom stereocenters. The molecule has 4 nitrogen and oxygen atoms in total. The number of rotatable bonds is 5. The first-order chi connectivity index (χ1) is 10.7. The second kappa shape index (κ2) is 7.94. The minimum absolute atomic E-state index is 0.0551. The summed E-state index contributed by atoms with van der Waals surface area (Å²) in [7, 11) is -1.98. The van der Waals surface area contributed by atoms with Crippen LogP contribution in [0.1, 0.15) is 68.7 Å². The van der Waals surface area contributed by atoms with Gasteiger partial charge in [-0.1, -0.05) is 20.8 Å². The van der Waals surface area contributed by atoms with E-state index >= 15 is 0 Å². The predicted molar refractivity (Wildman–Crippen MR) is 94.3 cm³/mol. The predicted octanol–water partition coefficient (Wildman–Crippen LogP) is 4.36. The number of hydrogen-bond acceptors (Lipinski definition) is 3. The fraction of sp³-hybridized carbons (Fsp3) is 0.941. The van der Waals surface area contributed by atoms with Crippen LogP contribution >= 0.6 is 0 Å². The first-order valence-corrected chi connectivity index (χ1v) is 9.37. The number of alkyl halides is 3. The van der Waals surface area contributed by atoms with Crippen LogP contribution in [0.15, 0.2) is 0 Å². The molecule has 25 heavy (non-hydrogen) atoms. The zero-order chi connectivity index (χ0) is 20.4. The normalized spacial score (nSPS) is 17.8. The van der Waals surface area contributed by atoms with E-state index in [-0.39, 0.29) is 6.42 Å². The average molecular weight is 388 g/mol. The summed E-state index contributed by atoms with van der Waals surface area (Å²) in [5.74, 6) is -2.44. The Morgan fingerprint density at radius 1 is 1.00 bits per heavy atom. The molecular formula is C17H32F3NO3S. The van der Waals surface area contributed by atoms with E-state index in [4.69, 9.17) is 4.74 Å². The molecule has 0 fully saturated rings. The van der Waals surface area contributed by atoms with Crippen LogP contribution < -0.4 is 4.72 Å². The van der Waals surface area contributed by atoms with Crippen LogP contribution in [0.2, 0.25) is 0 Å². The maximum atomic E-state index is 13.7. The Bertz CT molecular complexity index is 485. The average Bonchev–Trinajstić information content (AvgIpc) is 2.26. The van der Waals surface area contributed by atoms with Gasteiger partial charge < -0.3 is 4.74 Å². The van der Waals surface area contributed by atoms with E-state index in [1.165, 1.54) is 0 Å². The fourth-order valence-corrected chi connectivity index (χ4v) is 2.93. The van der Waals surface area contributed by atoms with E-state index in [0.29, 0.717) is 0 Å². The molecule has 0 unspecified atom stereocenters. The summed E-state index contributed by atoms with van der Waals surface area (Å²) in [6.45, 7) is 14.7. The molecule has 0 aromatic rings. The van der Waals surface area contributed by atoms with E-state index in [1.54, 1.807) is 62.3 Å². The number of halogens is 3. The highest BCUT2D eigenvalue weighted by Crippen LogP contribution is 2.35. The first-order valence-electron chi connectivity index (χ1n) is 8.22. The van der Waals surface area contributed by atoms with E-state index in [0.717, 1.165) is 0 Å². The van der Waals surface area contributed by atoms with Gasteiger partial charge in [0.25, 0.3) is 0 Å². The lowest BCUT2D eigenvalue weighted by molar-refractivity contribution is -0.187. The third-order valence-electron chi connectivity index (χ3n) is 3.09. The van der Waals surface area contributed by atoms with Crippen LogP contribution in [0, 0.1) is 11.3 Å². The third-order valence-corrected chi connectivity index (χ3v) is 4.67. The third kappa shape index (κ3) is 9.58. The monoisotopic (exact) mass is 387 g/mol. The maximum absolute atomic E-state index is 13.7. The lowest BCUT2D eigenvalue weighted by Crippen LogP contribution is -2.55. The van der Waals surface area contributed by atoms with Gasteiger partial charge in [-0.05, 0) is 53.4 Å². The van der Waals surface area contributed by atoms with Gasteiger partial charge in [0.15, 0.2) is 0 Å². The number of nitrogens with one attached hydrogen (secondary N) is 1. The maximum Gasteiger partial charge on any atom is 0.405 e. The van der Waals surface area contributed by atoms with Gasteiger partial charge in [-0.15, -0.1) is 0 Å². The Morgan fingerprint density at radius 2 is 1.44 bits per heavy atom. The molecule has 8 heteroatoms. The Kier molecular flexibility index (Phi) is 7.74. The minimum atomic E-state index is -4.74. The van der Waals surface area contributed by atoms with Gasteiger partial charge >= 0.3 is 12.1 Å². The summed E-state index contributed by atoms with van der Waals surface area (Å²) in [5, 5.41) is 0. The second-order valence-corrected chi connectivity index (χ2v) is 11.4. The van der Waals surface area contributed by atoms with Crippen molar-refractivity contribution in [3.8, 4) is 0 Å². The SMILES string of the molecule is CC(C)(C)C[C@@H](C(=O)OC(C)(C)C)[C@@H](N[S@](=O)C(C)(C)C)C(F)(F)F. The van der Waals surface area contributed by atoms with Gasteiger partial charge in [-0.25, -0.2) is 8.93 Å². The van der Waals surface area contributed by atoms with Crippen LogP contribution in [-0.4, -0.2) is 32.7 Å². The Balaban J connectivity index is 5.84. The fourth-order valence-electron chi connectivity index (χ4n) is 2.04. The van der Waals surface area contributed by atoms with Crippen molar-refractivity contribution in [1.29, 1.82) is 0 Å². The molecule has 0 saturated heterocycles. The molecule has 0 radical (unpaired) electrons. The van der Waals surface area contributed by atoms with Crippen molar-refractivity contribution in [2.45, 2.75) is 91.3 Å². The molecule has 0 heterocycles. The molecule has 0 aromatic heterocycles. The van der Waals surface area contributed by atoms with Gasteiger partial charge in [0.1, 0.15) is 11.6 Å². The highest BCUT2D eigenvalue weighted by Gasteiger charge is 2.51. The van der Waals surface area contributed by atoms with Crippen molar-refractivity contribution in [2.24, 2.45) is 11.3 Å². The van der Waals surface area contributed by atoms with E-state index in [1.807, 2.05) is 0 Å². The summed E-state index contributed by atoms with van der Waals surface area (Å²) in [4.78, 5) is 12.5. The van der Waals surface area contributed by atoms with Crippen molar-refractivity contribution >= 4 is 17.0 Å². The molecule has 0 bridgehead atoms. The van der Waals surface area contributed by atoms with Crippen molar-refractivity contribution in [2.75, 3.05) is 0 Å². The van der Waals surface area contributed by atoms with Crippen molar-refractivity contribution in [3.05, 3.63) is 0 Å². The second-order valence-electron chi connectivity index (χ2n) is 9.42. The molecule has 0 aliphatic heterocycles. The summed E-state index contributed by atoms with van der Waals surface area (Å²) in [6.07, 6.45) is -4.80. The largest absolute Gasteiger partial charge is 0.460 e. The van der Waals surface area contributed by atoms with Crippen molar-refractivity contribution in [3.63, 3.8) is 0 Å². The highest BCUT2D eigenvalue weighted by atomic mass is 32.2. The van der Waals surface area contributed by atoms with Crippen LogP contribution in [0.4, 0.5) is 13.2 Å². The van der Waals surface area contributed by atoms with E-state index in [9.17, 15) is 22.2 Å². The van der Waals surface area contributed by atoms with Crippen LogP contribution in [0.5, 0.6) is 0 Å². The van der Waals surface area contributed by atoms with Crippen LogP contribution in [-0.2, 0) is 20.5 Å². The zero-order valence-corrected chi connectivity index (χ0v) is 17.4. The number of ether oxygens (including phenoxy) is 1. The topological polar surface area (TPSA) is 55.4 Å². The first kappa shape index (κ1) is 24.4. The van der Waals surface area contributed by atoms with Gasteiger partial charge in [-0.3, -0.25) is 4.79 Å². The van der Waals surface area contributed by atoms with Crippen molar-refractivity contribution < 1.29 is 26.9 Å². The lowest BCUT2D eigenvalue weighted by Gasteiger charge is -2.35. The van der Waals surface area contributed by atoms with Crippen LogP contribution in [0.3, 0.4) is 0 Å². The zero-order valence-electron chi connectivity index (χ0n) is 16.6. The number of carbonyl (C=O) groups is 1. The van der Waals surface area contributed by atoms with E-state index < -0.39 is 50.9 Å². The summed E-state index contributed by atoms with van der Waals surface area (Å²) < 4.78 is 59.7.